The second kappa shape index (κ2) is 9.76. The molecule has 0 aliphatic carbocycles. The van der Waals surface area contributed by atoms with Gasteiger partial charge in [-0.05, 0) is 43.9 Å². The van der Waals surface area contributed by atoms with Crippen LogP contribution in [0.4, 0.5) is 10.8 Å². The summed E-state index contributed by atoms with van der Waals surface area (Å²) >= 11 is 1.61. The third kappa shape index (κ3) is 4.77. The molecule has 0 bridgehead atoms. The Bertz CT molecular complexity index is 1030. The van der Waals surface area contributed by atoms with Crippen LogP contribution in [0.5, 0.6) is 0 Å². The smallest absolute Gasteiger partial charge is 0.256 e. The van der Waals surface area contributed by atoms with Gasteiger partial charge in [0.05, 0.1) is 10.5 Å². The lowest BCUT2D eigenvalue weighted by atomic mass is 10.1. The van der Waals surface area contributed by atoms with Crippen molar-refractivity contribution in [3.8, 4) is 0 Å². The van der Waals surface area contributed by atoms with Crippen LogP contribution in [0.2, 0.25) is 0 Å². The van der Waals surface area contributed by atoms with E-state index in [9.17, 15) is 13.2 Å². The van der Waals surface area contributed by atoms with Gasteiger partial charge in [0, 0.05) is 70.6 Å². The molecule has 0 radical (unpaired) electrons. The minimum atomic E-state index is -3.63. The van der Waals surface area contributed by atoms with Crippen molar-refractivity contribution in [1.82, 2.24) is 14.2 Å². The molecule has 0 unspecified atom stereocenters. The van der Waals surface area contributed by atoms with Crippen LogP contribution >= 0.6 is 11.3 Å². The Morgan fingerprint density at radius 1 is 0.969 bits per heavy atom. The number of carbonyl (C=O) groups is 1. The lowest BCUT2D eigenvalue weighted by Crippen LogP contribution is -2.37. The van der Waals surface area contributed by atoms with E-state index in [1.807, 2.05) is 16.3 Å². The number of thiazole rings is 1. The number of benzene rings is 1. The number of hydrogen-bond acceptors (Lipinski definition) is 7. The number of aromatic nitrogens is 1. The molecule has 32 heavy (non-hydrogen) atoms. The highest BCUT2D eigenvalue weighted by molar-refractivity contribution is 7.89. The number of anilines is 2. The molecule has 1 aromatic heterocycles. The highest BCUT2D eigenvalue weighted by Crippen LogP contribution is 2.29. The van der Waals surface area contributed by atoms with Gasteiger partial charge in [-0.1, -0.05) is 0 Å². The van der Waals surface area contributed by atoms with Crippen LogP contribution in [0.1, 0.15) is 36.0 Å². The van der Waals surface area contributed by atoms with Crippen molar-refractivity contribution in [3.05, 3.63) is 35.3 Å². The number of piperidine rings is 1. The number of nitrogens with zero attached hydrogens (tertiary/aromatic N) is 5. The van der Waals surface area contributed by atoms with Crippen LogP contribution < -0.4 is 9.80 Å². The summed E-state index contributed by atoms with van der Waals surface area (Å²) in [6, 6.07) is 5.02. The van der Waals surface area contributed by atoms with Gasteiger partial charge in [-0.2, -0.15) is 0 Å². The molecule has 174 valence electrons. The summed E-state index contributed by atoms with van der Waals surface area (Å²) in [6.07, 6.45) is 6.00. The average molecular weight is 478 g/mol. The summed E-state index contributed by atoms with van der Waals surface area (Å²) in [5, 5.41) is 2.94. The van der Waals surface area contributed by atoms with E-state index >= 15 is 0 Å². The first-order valence-corrected chi connectivity index (χ1v) is 13.4. The summed E-state index contributed by atoms with van der Waals surface area (Å²) in [5.41, 5.74) is 1.32. The van der Waals surface area contributed by atoms with Gasteiger partial charge in [0.15, 0.2) is 5.13 Å². The second-order valence-electron chi connectivity index (χ2n) is 8.46. The maximum atomic E-state index is 13.7. The third-order valence-electron chi connectivity index (χ3n) is 6.15. The Morgan fingerprint density at radius 3 is 2.41 bits per heavy atom. The van der Waals surface area contributed by atoms with E-state index in [0.29, 0.717) is 25.2 Å². The summed E-state index contributed by atoms with van der Waals surface area (Å²) in [7, 11) is -0.605. The van der Waals surface area contributed by atoms with Gasteiger partial charge in [-0.3, -0.25) is 4.79 Å². The molecule has 4 rings (SSSR count). The molecule has 3 heterocycles. The maximum Gasteiger partial charge on any atom is 0.256 e. The molecule has 0 N–H and O–H groups in total. The van der Waals surface area contributed by atoms with Crippen molar-refractivity contribution in [2.24, 2.45) is 0 Å². The topological polar surface area (TPSA) is 77.1 Å². The summed E-state index contributed by atoms with van der Waals surface area (Å²) < 4.78 is 26.7. The van der Waals surface area contributed by atoms with Crippen molar-refractivity contribution in [3.63, 3.8) is 0 Å². The summed E-state index contributed by atoms with van der Waals surface area (Å²) in [4.78, 5) is 24.6. The van der Waals surface area contributed by atoms with E-state index < -0.39 is 10.0 Å². The van der Waals surface area contributed by atoms with Crippen LogP contribution in [0.15, 0.2) is 34.7 Å². The minimum Gasteiger partial charge on any atom is -0.371 e. The minimum absolute atomic E-state index is 0.0950. The molecule has 2 aromatic rings. The Balaban J connectivity index is 1.64. The molecule has 2 aliphatic rings. The fraction of sp³-hybridized carbons (Fsp3) is 0.545. The second-order valence-corrected chi connectivity index (χ2v) is 11.5. The van der Waals surface area contributed by atoms with E-state index in [0.717, 1.165) is 49.7 Å². The normalized spacial score (nSPS) is 18.2. The van der Waals surface area contributed by atoms with E-state index in [4.69, 9.17) is 0 Å². The van der Waals surface area contributed by atoms with Gasteiger partial charge >= 0.3 is 0 Å². The zero-order chi connectivity index (χ0) is 22.7. The van der Waals surface area contributed by atoms with Gasteiger partial charge in [-0.25, -0.2) is 17.7 Å². The number of amides is 1. The summed E-state index contributed by atoms with van der Waals surface area (Å²) in [5.74, 6) is -0.0950. The van der Waals surface area contributed by atoms with Crippen molar-refractivity contribution in [2.45, 2.75) is 30.6 Å². The molecule has 2 fully saturated rings. The van der Waals surface area contributed by atoms with E-state index in [1.54, 1.807) is 29.7 Å². The fourth-order valence-corrected chi connectivity index (χ4v) is 5.95. The Hall–Kier alpha value is -2.17. The lowest BCUT2D eigenvalue weighted by Gasteiger charge is -2.32. The fourth-order valence-electron chi connectivity index (χ4n) is 4.32. The molecule has 0 saturated carbocycles. The van der Waals surface area contributed by atoms with Crippen LogP contribution in [0.3, 0.4) is 0 Å². The average Bonchev–Trinajstić information content (AvgIpc) is 3.23. The first-order chi connectivity index (χ1) is 15.4. The van der Waals surface area contributed by atoms with Crippen molar-refractivity contribution in [2.75, 3.05) is 63.2 Å². The zero-order valence-electron chi connectivity index (χ0n) is 18.7. The molecular formula is C22H31N5O3S2. The SMILES string of the molecule is CN(C)S(=O)(=O)c1ccc(N2CCCCC2)c(C(=O)N2CCCN(c3nccs3)CC2)c1. The number of rotatable bonds is 5. The molecule has 2 aliphatic heterocycles. The first-order valence-electron chi connectivity index (χ1n) is 11.1. The zero-order valence-corrected chi connectivity index (χ0v) is 20.4. The monoisotopic (exact) mass is 477 g/mol. The van der Waals surface area contributed by atoms with Crippen molar-refractivity contribution < 1.29 is 13.2 Å². The van der Waals surface area contributed by atoms with Crippen LogP contribution in [0.25, 0.3) is 0 Å². The molecule has 0 atom stereocenters. The molecule has 8 nitrogen and oxygen atoms in total. The van der Waals surface area contributed by atoms with Crippen LogP contribution in [-0.2, 0) is 10.0 Å². The largest absolute Gasteiger partial charge is 0.371 e. The maximum absolute atomic E-state index is 13.7. The van der Waals surface area contributed by atoms with Crippen molar-refractivity contribution in [1.29, 1.82) is 0 Å². The molecule has 0 spiro atoms. The molecule has 1 aromatic carbocycles. The van der Waals surface area contributed by atoms with Crippen LogP contribution in [-0.4, -0.2) is 81.9 Å². The van der Waals surface area contributed by atoms with Gasteiger partial charge in [0.2, 0.25) is 10.0 Å². The number of sulfonamides is 1. The number of hydrogen-bond donors (Lipinski definition) is 0. The van der Waals surface area contributed by atoms with E-state index in [1.165, 1.54) is 24.8 Å². The Morgan fingerprint density at radius 2 is 1.72 bits per heavy atom. The van der Waals surface area contributed by atoms with Gasteiger partial charge < -0.3 is 14.7 Å². The van der Waals surface area contributed by atoms with Crippen LogP contribution in [0, 0.1) is 0 Å². The van der Waals surface area contributed by atoms with E-state index in [-0.39, 0.29) is 10.8 Å². The number of carbonyl (C=O) groups excluding carboxylic acids is 1. The Labute approximate surface area is 194 Å². The summed E-state index contributed by atoms with van der Waals surface area (Å²) in [6.45, 7) is 4.57. The lowest BCUT2D eigenvalue weighted by molar-refractivity contribution is 0.0767. The van der Waals surface area contributed by atoms with Gasteiger partial charge in [0.1, 0.15) is 0 Å². The molecule has 1 amide bonds. The standard InChI is InChI=1S/C22H31N5O3S2/c1-24(2)32(29,30)18-7-8-20(25-10-4-3-5-11-25)19(17-18)21(28)26-12-6-13-27(15-14-26)22-23-9-16-31-22/h7-9,16-17H,3-6,10-15H2,1-2H3. The predicted molar refractivity (Wildman–Crippen MR) is 128 cm³/mol. The van der Waals surface area contributed by atoms with E-state index in [2.05, 4.69) is 14.8 Å². The van der Waals surface area contributed by atoms with Gasteiger partial charge in [-0.15, -0.1) is 11.3 Å². The predicted octanol–water partition coefficient (Wildman–Crippen LogP) is 2.74. The molecule has 10 heteroatoms. The quantitative estimate of drug-likeness (QED) is 0.659. The molecule has 2 saturated heterocycles. The highest BCUT2D eigenvalue weighted by Gasteiger charge is 2.28. The molecular weight excluding hydrogens is 446 g/mol. The first kappa shape index (κ1) is 23.0. The third-order valence-corrected chi connectivity index (χ3v) is 8.79. The Kier molecular flexibility index (Phi) is 7.02. The van der Waals surface area contributed by atoms with Crippen molar-refractivity contribution >= 4 is 38.1 Å². The van der Waals surface area contributed by atoms with Gasteiger partial charge in [0.25, 0.3) is 5.91 Å². The highest BCUT2D eigenvalue weighted by atomic mass is 32.2.